The predicted molar refractivity (Wildman–Crippen MR) is 103 cm³/mol. The van der Waals surface area contributed by atoms with Crippen LogP contribution in [0.1, 0.15) is 57.0 Å². The summed E-state index contributed by atoms with van der Waals surface area (Å²) in [5.41, 5.74) is 3.79. The van der Waals surface area contributed by atoms with E-state index in [0.717, 1.165) is 36.9 Å². The minimum absolute atomic E-state index is 0.144. The molecular formula is C19H35N3O2S. The lowest BCUT2D eigenvalue weighted by molar-refractivity contribution is 0.206. The van der Waals surface area contributed by atoms with Gasteiger partial charge in [0.15, 0.2) is 0 Å². The van der Waals surface area contributed by atoms with Crippen LogP contribution in [-0.4, -0.2) is 48.2 Å². The van der Waals surface area contributed by atoms with Crippen molar-refractivity contribution >= 4 is 9.84 Å². The number of hydrogen-bond acceptors (Lipinski definition) is 4. The summed E-state index contributed by atoms with van der Waals surface area (Å²) in [6.07, 6.45) is 5.10. The Kier molecular flexibility index (Phi) is 6.36. The molecule has 1 saturated heterocycles. The monoisotopic (exact) mass is 369 g/mol. The topological polar surface area (TPSA) is 55.2 Å². The van der Waals surface area contributed by atoms with Crippen LogP contribution in [0, 0.1) is 25.2 Å². The fourth-order valence-corrected chi connectivity index (χ4v) is 4.34. The molecule has 144 valence electrons. The van der Waals surface area contributed by atoms with E-state index in [0.29, 0.717) is 12.0 Å². The third-order valence-electron chi connectivity index (χ3n) is 5.63. The average Bonchev–Trinajstić information content (AvgIpc) is 2.67. The second-order valence-electron chi connectivity index (χ2n) is 8.77. The molecule has 25 heavy (non-hydrogen) atoms. The van der Waals surface area contributed by atoms with Gasteiger partial charge in [-0.15, -0.1) is 0 Å². The van der Waals surface area contributed by atoms with E-state index in [1.807, 2.05) is 11.6 Å². The Balaban J connectivity index is 2.04. The first-order valence-electron chi connectivity index (χ1n) is 9.40. The first-order chi connectivity index (χ1) is 11.5. The normalized spacial score (nSPS) is 20.6. The van der Waals surface area contributed by atoms with E-state index in [1.54, 1.807) is 0 Å². The Morgan fingerprint density at radius 2 is 1.84 bits per heavy atom. The van der Waals surface area contributed by atoms with Gasteiger partial charge in [-0.1, -0.05) is 20.8 Å². The van der Waals surface area contributed by atoms with Crippen molar-refractivity contribution in [1.82, 2.24) is 14.7 Å². The van der Waals surface area contributed by atoms with Crippen LogP contribution in [0.3, 0.4) is 0 Å². The summed E-state index contributed by atoms with van der Waals surface area (Å²) in [4.78, 5) is 2.55. The third kappa shape index (κ3) is 5.81. The molecule has 2 heterocycles. The number of aryl methyl sites for hydroxylation is 2. The van der Waals surface area contributed by atoms with Crippen molar-refractivity contribution < 1.29 is 8.42 Å². The van der Waals surface area contributed by atoms with E-state index in [1.165, 1.54) is 31.1 Å². The molecule has 5 nitrogen and oxygen atoms in total. The van der Waals surface area contributed by atoms with Crippen LogP contribution < -0.4 is 0 Å². The number of rotatable bonds is 5. The van der Waals surface area contributed by atoms with Crippen molar-refractivity contribution in [3.8, 4) is 0 Å². The molecule has 6 heteroatoms. The molecule has 0 amide bonds. The Labute approximate surface area is 153 Å². The molecule has 1 aromatic rings. The highest BCUT2D eigenvalue weighted by atomic mass is 32.2. The molecule has 1 aromatic heterocycles. The van der Waals surface area contributed by atoms with Gasteiger partial charge in [0, 0.05) is 24.1 Å². The minimum atomic E-state index is -2.97. The van der Waals surface area contributed by atoms with Crippen LogP contribution in [0.2, 0.25) is 0 Å². The minimum Gasteiger partial charge on any atom is -0.299 e. The first-order valence-corrected chi connectivity index (χ1v) is 11.5. The molecule has 1 fully saturated rings. The van der Waals surface area contributed by atoms with Gasteiger partial charge in [0.2, 0.25) is 0 Å². The maximum absolute atomic E-state index is 11.4. The Bertz CT molecular complexity index is 686. The summed E-state index contributed by atoms with van der Waals surface area (Å²) >= 11 is 0. The standard InChI is InChI=1S/C19H35N3O2S/c1-15-18(16(2)22(20-15)12-13-25(6,23)24)14-21-10-7-8-17(9-11-21)19(3,4)5/h17H,7-14H2,1-6H3/t17-/m1/s1. The second-order valence-corrected chi connectivity index (χ2v) is 11.0. The zero-order valence-corrected chi connectivity index (χ0v) is 17.6. The maximum Gasteiger partial charge on any atom is 0.149 e. The highest BCUT2D eigenvalue weighted by Crippen LogP contribution is 2.34. The fraction of sp³-hybridized carbons (Fsp3) is 0.842. The lowest BCUT2D eigenvalue weighted by Crippen LogP contribution is -2.26. The maximum atomic E-state index is 11.4. The molecule has 0 bridgehead atoms. The Morgan fingerprint density at radius 1 is 1.16 bits per heavy atom. The predicted octanol–water partition coefficient (Wildman–Crippen LogP) is 3.19. The SMILES string of the molecule is Cc1nn(CCS(C)(=O)=O)c(C)c1CN1CCC[C@@H](C(C)(C)C)CC1. The summed E-state index contributed by atoms with van der Waals surface area (Å²) in [7, 11) is -2.97. The van der Waals surface area contributed by atoms with Crippen LogP contribution in [0.4, 0.5) is 0 Å². The molecular weight excluding hydrogens is 334 g/mol. The second kappa shape index (κ2) is 7.78. The van der Waals surface area contributed by atoms with Gasteiger partial charge >= 0.3 is 0 Å². The number of hydrogen-bond donors (Lipinski definition) is 0. The molecule has 1 aliphatic rings. The summed E-state index contributed by atoms with van der Waals surface area (Å²) in [6, 6.07) is 0. The Hall–Kier alpha value is -0.880. The van der Waals surface area contributed by atoms with Crippen LogP contribution in [0.15, 0.2) is 0 Å². The zero-order chi connectivity index (χ0) is 18.8. The highest BCUT2D eigenvalue weighted by molar-refractivity contribution is 7.90. The van der Waals surface area contributed by atoms with E-state index in [4.69, 9.17) is 0 Å². The van der Waals surface area contributed by atoms with Crippen molar-refractivity contribution in [3.05, 3.63) is 17.0 Å². The van der Waals surface area contributed by atoms with E-state index < -0.39 is 9.84 Å². The molecule has 1 atom stereocenters. The number of sulfone groups is 1. The summed E-state index contributed by atoms with van der Waals surface area (Å²) in [6.45, 7) is 14.8. The van der Waals surface area contributed by atoms with Gasteiger partial charge in [-0.2, -0.15) is 5.10 Å². The van der Waals surface area contributed by atoms with Gasteiger partial charge in [-0.25, -0.2) is 8.42 Å². The zero-order valence-electron chi connectivity index (χ0n) is 16.8. The highest BCUT2D eigenvalue weighted by Gasteiger charge is 2.27. The molecule has 0 spiro atoms. The lowest BCUT2D eigenvalue weighted by atomic mass is 9.77. The summed E-state index contributed by atoms with van der Waals surface area (Å²) < 4.78 is 24.7. The number of nitrogens with zero attached hydrogens (tertiary/aromatic N) is 3. The first kappa shape index (κ1) is 20.4. The van der Waals surface area contributed by atoms with Gasteiger partial charge in [0.1, 0.15) is 9.84 Å². The van der Waals surface area contributed by atoms with Crippen LogP contribution >= 0.6 is 0 Å². The van der Waals surface area contributed by atoms with Crippen LogP contribution in [-0.2, 0) is 22.9 Å². The fourth-order valence-electron chi connectivity index (χ4n) is 3.84. The number of aromatic nitrogens is 2. The van der Waals surface area contributed by atoms with Crippen molar-refractivity contribution in [3.63, 3.8) is 0 Å². The molecule has 0 unspecified atom stereocenters. The van der Waals surface area contributed by atoms with Gasteiger partial charge in [0.05, 0.1) is 18.0 Å². The van der Waals surface area contributed by atoms with E-state index in [9.17, 15) is 8.42 Å². The van der Waals surface area contributed by atoms with E-state index >= 15 is 0 Å². The van der Waals surface area contributed by atoms with Gasteiger partial charge < -0.3 is 0 Å². The van der Waals surface area contributed by atoms with E-state index in [2.05, 4.69) is 37.7 Å². The van der Waals surface area contributed by atoms with Crippen molar-refractivity contribution in [2.45, 2.75) is 67.0 Å². The van der Waals surface area contributed by atoms with Gasteiger partial charge in [-0.3, -0.25) is 9.58 Å². The van der Waals surface area contributed by atoms with Crippen LogP contribution in [0.25, 0.3) is 0 Å². The molecule has 1 aliphatic heterocycles. The summed E-state index contributed by atoms with van der Waals surface area (Å²) in [5, 5.41) is 4.58. The summed E-state index contributed by atoms with van der Waals surface area (Å²) in [5.74, 6) is 0.933. The van der Waals surface area contributed by atoms with E-state index in [-0.39, 0.29) is 5.75 Å². The molecule has 0 N–H and O–H groups in total. The van der Waals surface area contributed by atoms with Gasteiger partial charge in [-0.05, 0) is 57.5 Å². The molecule has 0 aliphatic carbocycles. The quantitative estimate of drug-likeness (QED) is 0.800. The smallest absolute Gasteiger partial charge is 0.149 e. The lowest BCUT2D eigenvalue weighted by Gasteiger charge is -2.29. The van der Waals surface area contributed by atoms with Crippen molar-refractivity contribution in [1.29, 1.82) is 0 Å². The van der Waals surface area contributed by atoms with Crippen molar-refractivity contribution in [2.75, 3.05) is 25.1 Å². The molecule has 0 radical (unpaired) electrons. The molecule has 0 saturated carbocycles. The van der Waals surface area contributed by atoms with Gasteiger partial charge in [0.25, 0.3) is 0 Å². The third-order valence-corrected chi connectivity index (χ3v) is 6.56. The van der Waals surface area contributed by atoms with Crippen molar-refractivity contribution in [2.24, 2.45) is 11.3 Å². The largest absolute Gasteiger partial charge is 0.299 e. The molecule has 2 rings (SSSR count). The Morgan fingerprint density at radius 3 is 2.44 bits per heavy atom. The number of likely N-dealkylation sites (tertiary alicyclic amines) is 1. The van der Waals surface area contributed by atoms with Crippen LogP contribution in [0.5, 0.6) is 0 Å². The molecule has 0 aromatic carbocycles. The average molecular weight is 370 g/mol.